The number of rotatable bonds is 8. The topological polar surface area (TPSA) is 81.0 Å². The number of hydrogen-bond donors (Lipinski definition) is 1. The lowest BCUT2D eigenvalue weighted by Crippen LogP contribution is -2.68. The first-order valence-corrected chi connectivity index (χ1v) is 12.5. The maximum Gasteiger partial charge on any atom is 0.303 e. The highest BCUT2D eigenvalue weighted by molar-refractivity contribution is 5.92. The minimum absolute atomic E-state index is 0.0616. The van der Waals surface area contributed by atoms with Crippen LogP contribution in [0.15, 0.2) is 59.7 Å². The van der Waals surface area contributed by atoms with E-state index in [0.29, 0.717) is 25.8 Å². The number of carbonyl (C=O) groups is 2. The maximum atomic E-state index is 12.9. The number of carbonyl (C=O) groups excluding carboxylic acids is 2. The van der Waals surface area contributed by atoms with Crippen LogP contribution in [-0.2, 0) is 19.7 Å². The molecule has 1 amide bonds. The summed E-state index contributed by atoms with van der Waals surface area (Å²) in [6.45, 7) is 9.44. The van der Waals surface area contributed by atoms with Crippen molar-refractivity contribution in [1.82, 2.24) is 10.2 Å². The molecule has 0 unspecified atom stereocenters. The van der Waals surface area contributed by atoms with E-state index in [4.69, 9.17) is 13.9 Å². The molecule has 3 atom stereocenters. The van der Waals surface area contributed by atoms with Gasteiger partial charge in [-0.05, 0) is 69.0 Å². The molecule has 36 heavy (non-hydrogen) atoms. The summed E-state index contributed by atoms with van der Waals surface area (Å²) in [4.78, 5) is 27.6. The number of esters is 1. The van der Waals surface area contributed by atoms with Gasteiger partial charge < -0.3 is 19.2 Å². The van der Waals surface area contributed by atoms with Crippen LogP contribution in [0.5, 0.6) is 5.75 Å². The smallest absolute Gasteiger partial charge is 0.303 e. The molecule has 2 heterocycles. The molecule has 2 aliphatic rings. The van der Waals surface area contributed by atoms with Crippen LogP contribution in [0.25, 0.3) is 6.08 Å². The predicted octanol–water partition coefficient (Wildman–Crippen LogP) is 4.41. The number of nitrogens with one attached hydrogen (secondary N) is 1. The Kier molecular flexibility index (Phi) is 7.69. The van der Waals surface area contributed by atoms with Crippen molar-refractivity contribution in [2.75, 3.05) is 26.7 Å². The van der Waals surface area contributed by atoms with Crippen molar-refractivity contribution in [2.45, 2.75) is 56.6 Å². The van der Waals surface area contributed by atoms with Crippen LogP contribution in [0.2, 0.25) is 0 Å². The molecule has 7 nitrogen and oxygen atoms in total. The lowest BCUT2D eigenvalue weighted by molar-refractivity contribution is -0.186. The molecule has 1 aliphatic carbocycles. The number of nitrogens with zero attached hydrogens (tertiary/aromatic N) is 1. The Labute approximate surface area is 213 Å². The van der Waals surface area contributed by atoms with Gasteiger partial charge in [-0.25, -0.2) is 0 Å². The van der Waals surface area contributed by atoms with E-state index in [-0.39, 0.29) is 17.9 Å². The number of fused-ring (bicyclic) bond motifs is 1. The number of benzene rings is 1. The molecule has 0 bridgehead atoms. The summed E-state index contributed by atoms with van der Waals surface area (Å²) in [6.07, 6.45) is 9.64. The number of aryl methyl sites for hydroxylation is 1. The van der Waals surface area contributed by atoms with Crippen LogP contribution in [0.3, 0.4) is 0 Å². The summed E-state index contributed by atoms with van der Waals surface area (Å²) < 4.78 is 17.1. The molecule has 192 valence electrons. The fourth-order valence-corrected chi connectivity index (χ4v) is 6.05. The summed E-state index contributed by atoms with van der Waals surface area (Å²) in [6, 6.07) is 9.82. The van der Waals surface area contributed by atoms with Crippen molar-refractivity contribution in [3.05, 3.63) is 72.2 Å². The molecule has 1 aromatic heterocycles. The van der Waals surface area contributed by atoms with Crippen LogP contribution >= 0.6 is 0 Å². The lowest BCUT2D eigenvalue weighted by atomic mass is 9.55. The molecular formula is C29H36N2O5. The summed E-state index contributed by atoms with van der Waals surface area (Å²) in [5.41, 5.74) is 0.776. The van der Waals surface area contributed by atoms with Gasteiger partial charge in [-0.15, -0.1) is 6.58 Å². The zero-order valence-electron chi connectivity index (χ0n) is 21.4. The summed E-state index contributed by atoms with van der Waals surface area (Å²) in [5.74, 6) is 1.09. The van der Waals surface area contributed by atoms with Gasteiger partial charge >= 0.3 is 5.97 Å². The Morgan fingerprint density at radius 1 is 1.31 bits per heavy atom. The molecule has 1 aromatic carbocycles. The molecule has 7 heteroatoms. The molecule has 0 radical (unpaired) electrons. The van der Waals surface area contributed by atoms with Gasteiger partial charge in [0.2, 0.25) is 5.91 Å². The highest BCUT2D eigenvalue weighted by atomic mass is 16.6. The molecule has 2 aromatic rings. The van der Waals surface area contributed by atoms with Crippen LogP contribution in [0.1, 0.15) is 49.5 Å². The van der Waals surface area contributed by atoms with Gasteiger partial charge in [0.1, 0.15) is 17.1 Å². The summed E-state index contributed by atoms with van der Waals surface area (Å²) in [5, 5.41) is 3.21. The second-order valence-electron chi connectivity index (χ2n) is 9.89. The zero-order chi connectivity index (χ0) is 25.8. The van der Waals surface area contributed by atoms with Crippen LogP contribution in [-0.4, -0.2) is 55.2 Å². The molecule has 4 rings (SSSR count). The number of ether oxygens (including phenoxy) is 2. The van der Waals surface area contributed by atoms with Crippen LogP contribution < -0.4 is 10.1 Å². The minimum Gasteiger partial charge on any atom is -0.497 e. The van der Waals surface area contributed by atoms with E-state index in [2.05, 4.69) is 22.9 Å². The Balaban J connectivity index is 1.66. The Bertz CT molecular complexity index is 1140. The van der Waals surface area contributed by atoms with Gasteiger partial charge in [-0.3, -0.25) is 14.5 Å². The quantitative estimate of drug-likeness (QED) is 0.334. The largest absolute Gasteiger partial charge is 0.497 e. The van der Waals surface area contributed by atoms with Gasteiger partial charge in [-0.1, -0.05) is 18.2 Å². The first-order chi connectivity index (χ1) is 17.3. The second kappa shape index (κ2) is 10.7. The standard InChI is InChI=1S/C29H36N2O5/c1-5-15-31-16-14-28(24-7-6-8-26(18-24)34-4)19-25(11-13-29(28,20-31)36-22(3)32)30-27(33)10-9-23-12-17-35-21(23)2/h5-10,12,17-18,25H,1,11,13-16,19-20H2,2-4H3,(H,30,33)/t25-,28-,29-/m0/s1. The van der Waals surface area contributed by atoms with Crippen molar-refractivity contribution in [1.29, 1.82) is 0 Å². The maximum absolute atomic E-state index is 12.9. The molecule has 2 fully saturated rings. The number of piperidine rings is 1. The molecule has 1 aliphatic heterocycles. The minimum atomic E-state index is -0.711. The molecule has 1 N–H and O–H groups in total. The Morgan fingerprint density at radius 2 is 2.14 bits per heavy atom. The first kappa shape index (κ1) is 25.8. The highest BCUT2D eigenvalue weighted by Crippen LogP contribution is 2.54. The van der Waals surface area contributed by atoms with E-state index in [0.717, 1.165) is 42.1 Å². The van der Waals surface area contributed by atoms with Crippen LogP contribution in [0, 0.1) is 6.92 Å². The van der Waals surface area contributed by atoms with E-state index in [1.165, 1.54) is 6.92 Å². The van der Waals surface area contributed by atoms with E-state index >= 15 is 0 Å². The van der Waals surface area contributed by atoms with Crippen molar-refractivity contribution < 1.29 is 23.5 Å². The average molecular weight is 493 g/mol. The normalized spacial score (nSPS) is 26.2. The first-order valence-electron chi connectivity index (χ1n) is 12.5. The predicted molar refractivity (Wildman–Crippen MR) is 139 cm³/mol. The third-order valence-corrected chi connectivity index (χ3v) is 7.71. The monoisotopic (exact) mass is 492 g/mol. The van der Waals surface area contributed by atoms with E-state index in [1.807, 2.05) is 37.3 Å². The number of furan rings is 1. The second-order valence-corrected chi connectivity index (χ2v) is 9.89. The highest BCUT2D eigenvalue weighted by Gasteiger charge is 2.60. The number of hydrogen-bond acceptors (Lipinski definition) is 6. The SMILES string of the molecule is C=CCN1CC[C@@]2(c3cccc(OC)c3)C[C@@H](NC(=O)C=Cc3ccoc3C)CC[C@]2(OC(C)=O)C1. The summed E-state index contributed by atoms with van der Waals surface area (Å²) >= 11 is 0. The van der Waals surface area contributed by atoms with Crippen molar-refractivity contribution in [3.63, 3.8) is 0 Å². The fourth-order valence-electron chi connectivity index (χ4n) is 6.05. The third kappa shape index (κ3) is 5.12. The molecule has 1 saturated heterocycles. The Hall–Kier alpha value is -3.32. The molecule has 0 spiro atoms. The van der Waals surface area contributed by atoms with E-state index < -0.39 is 11.0 Å². The average Bonchev–Trinajstić information content (AvgIpc) is 3.27. The van der Waals surface area contributed by atoms with Gasteiger partial charge in [0.15, 0.2) is 0 Å². The van der Waals surface area contributed by atoms with Crippen LogP contribution in [0.4, 0.5) is 0 Å². The van der Waals surface area contributed by atoms with Gasteiger partial charge in [0.05, 0.1) is 13.4 Å². The van der Waals surface area contributed by atoms with Gasteiger partial charge in [0, 0.05) is 43.1 Å². The van der Waals surface area contributed by atoms with Crippen molar-refractivity contribution in [3.8, 4) is 5.75 Å². The zero-order valence-corrected chi connectivity index (χ0v) is 21.4. The van der Waals surface area contributed by atoms with Crippen molar-refractivity contribution >= 4 is 18.0 Å². The van der Waals surface area contributed by atoms with E-state index in [1.54, 1.807) is 25.5 Å². The van der Waals surface area contributed by atoms with Gasteiger partial charge in [0.25, 0.3) is 0 Å². The molecule has 1 saturated carbocycles. The lowest BCUT2D eigenvalue weighted by Gasteiger charge is -2.59. The molecular weight excluding hydrogens is 456 g/mol. The van der Waals surface area contributed by atoms with Crippen molar-refractivity contribution in [2.24, 2.45) is 0 Å². The van der Waals surface area contributed by atoms with E-state index in [9.17, 15) is 9.59 Å². The number of amides is 1. The third-order valence-electron chi connectivity index (χ3n) is 7.71. The number of likely N-dealkylation sites (tertiary alicyclic amines) is 1. The fraction of sp³-hybridized carbons (Fsp3) is 0.448. The summed E-state index contributed by atoms with van der Waals surface area (Å²) in [7, 11) is 1.65. The Morgan fingerprint density at radius 3 is 2.83 bits per heavy atom. The van der Waals surface area contributed by atoms with Gasteiger partial charge in [-0.2, -0.15) is 0 Å². The number of methoxy groups -OCH3 is 1.